The van der Waals surface area contributed by atoms with Crippen LogP contribution in [-0.2, 0) is 11.2 Å². The number of para-hydroxylation sites is 1. The Bertz CT molecular complexity index is 1380. The minimum atomic E-state index is -0.319. The molecule has 3 aromatic rings. The number of hydrogen-bond acceptors (Lipinski definition) is 4. The molecule has 7 heteroatoms. The van der Waals surface area contributed by atoms with Gasteiger partial charge in [-0.1, -0.05) is 76.2 Å². The third kappa shape index (κ3) is 8.00. The molecule has 234 valence electrons. The van der Waals surface area contributed by atoms with Crippen molar-refractivity contribution in [1.82, 2.24) is 5.32 Å². The van der Waals surface area contributed by atoms with Crippen LogP contribution in [-0.4, -0.2) is 44.3 Å². The second kappa shape index (κ2) is 14.8. The number of anilines is 3. The van der Waals surface area contributed by atoms with E-state index in [4.69, 9.17) is 4.74 Å². The number of nitrogens with zero attached hydrogens (tertiary/aromatic N) is 1. The molecule has 44 heavy (non-hydrogen) atoms. The van der Waals surface area contributed by atoms with Crippen LogP contribution < -0.4 is 20.9 Å². The Labute approximate surface area is 262 Å². The number of hydrogen-bond donors (Lipinski definition) is 3. The summed E-state index contributed by atoms with van der Waals surface area (Å²) in [6.45, 7) is 11.5. The Morgan fingerprint density at radius 3 is 2.20 bits per heavy atom. The van der Waals surface area contributed by atoms with Crippen molar-refractivity contribution in [3.63, 3.8) is 0 Å². The van der Waals surface area contributed by atoms with Crippen LogP contribution in [0.5, 0.6) is 0 Å². The minimum Gasteiger partial charge on any atom is -0.376 e. The van der Waals surface area contributed by atoms with Gasteiger partial charge in [0, 0.05) is 43.3 Å². The predicted octanol–water partition coefficient (Wildman–Crippen LogP) is 7.95. The van der Waals surface area contributed by atoms with Gasteiger partial charge in [0.25, 0.3) is 5.91 Å². The highest BCUT2D eigenvalue weighted by atomic mass is 16.5. The zero-order valence-corrected chi connectivity index (χ0v) is 26.7. The first-order chi connectivity index (χ1) is 21.3. The first kappa shape index (κ1) is 31.6. The monoisotopic (exact) mass is 596 g/mol. The second-order valence-corrected chi connectivity index (χ2v) is 12.9. The van der Waals surface area contributed by atoms with Crippen molar-refractivity contribution in [2.75, 3.05) is 41.8 Å². The molecule has 1 unspecified atom stereocenters. The summed E-state index contributed by atoms with van der Waals surface area (Å²) < 4.78 is 5.74. The van der Waals surface area contributed by atoms with Crippen LogP contribution >= 0.6 is 0 Å². The van der Waals surface area contributed by atoms with E-state index in [0.29, 0.717) is 23.7 Å². The minimum absolute atomic E-state index is 0.0550. The molecular formula is C37H48N4O3. The third-order valence-electron chi connectivity index (χ3n) is 8.95. The summed E-state index contributed by atoms with van der Waals surface area (Å²) in [7, 11) is 0. The lowest BCUT2D eigenvalue weighted by Crippen LogP contribution is -2.37. The van der Waals surface area contributed by atoms with E-state index in [2.05, 4.69) is 97.1 Å². The number of urea groups is 1. The van der Waals surface area contributed by atoms with Crippen molar-refractivity contribution in [3.8, 4) is 0 Å². The van der Waals surface area contributed by atoms with Crippen LogP contribution in [0.3, 0.4) is 0 Å². The van der Waals surface area contributed by atoms with Gasteiger partial charge in [-0.15, -0.1) is 0 Å². The van der Waals surface area contributed by atoms with Gasteiger partial charge in [-0.25, -0.2) is 4.79 Å². The molecule has 2 heterocycles. The fourth-order valence-electron chi connectivity index (χ4n) is 6.48. The maximum Gasteiger partial charge on any atom is 0.323 e. The van der Waals surface area contributed by atoms with Crippen molar-refractivity contribution < 1.29 is 14.3 Å². The van der Waals surface area contributed by atoms with E-state index >= 15 is 0 Å². The van der Waals surface area contributed by atoms with Crippen molar-refractivity contribution in [2.45, 2.75) is 77.7 Å². The molecule has 0 spiro atoms. The molecule has 3 aromatic carbocycles. The molecule has 1 atom stereocenters. The number of rotatable bonds is 10. The van der Waals surface area contributed by atoms with Crippen molar-refractivity contribution >= 4 is 29.0 Å². The summed E-state index contributed by atoms with van der Waals surface area (Å²) in [5.74, 6) is 1.01. The standard InChI is InChI=1S/C37H48N4O3/c1-25(2)31-13-8-14-32(26(3)4)35(31)40-37(43)39-29-15-16-34(33(23-29)36(42)38-24-30-12-9-21-44-30)41-19-17-28(18-20-41)22-27-10-6-5-7-11-27/h5-8,10-11,13-16,23,25-26,28,30H,9,12,17-22,24H2,1-4H3,(H,38,42)(H2,39,40,43). The predicted molar refractivity (Wildman–Crippen MR) is 180 cm³/mol. The van der Waals surface area contributed by atoms with E-state index in [0.717, 1.165) is 74.3 Å². The van der Waals surface area contributed by atoms with Gasteiger partial charge in [0.05, 0.1) is 11.7 Å². The smallest absolute Gasteiger partial charge is 0.323 e. The average Bonchev–Trinajstić information content (AvgIpc) is 3.54. The molecule has 2 saturated heterocycles. The van der Waals surface area contributed by atoms with Crippen molar-refractivity contribution in [2.24, 2.45) is 5.92 Å². The van der Waals surface area contributed by atoms with Gasteiger partial charge in [-0.3, -0.25) is 4.79 Å². The van der Waals surface area contributed by atoms with E-state index in [-0.39, 0.29) is 29.9 Å². The van der Waals surface area contributed by atoms with Gasteiger partial charge in [0.15, 0.2) is 0 Å². The summed E-state index contributed by atoms with van der Waals surface area (Å²) in [6.07, 6.45) is 5.26. The lowest BCUT2D eigenvalue weighted by Gasteiger charge is -2.35. The molecule has 3 N–H and O–H groups in total. The van der Waals surface area contributed by atoms with Gasteiger partial charge in [0.1, 0.15) is 0 Å². The number of ether oxygens (including phenoxy) is 1. The first-order valence-electron chi connectivity index (χ1n) is 16.3. The number of nitrogens with one attached hydrogen (secondary N) is 3. The molecule has 0 radical (unpaired) electrons. The Morgan fingerprint density at radius 1 is 0.864 bits per heavy atom. The molecule has 3 amide bonds. The van der Waals surface area contributed by atoms with Gasteiger partial charge in [-0.2, -0.15) is 0 Å². The maximum absolute atomic E-state index is 13.6. The fourth-order valence-corrected chi connectivity index (χ4v) is 6.48. The first-order valence-corrected chi connectivity index (χ1v) is 16.3. The molecule has 2 fully saturated rings. The quantitative estimate of drug-likeness (QED) is 0.222. The summed E-state index contributed by atoms with van der Waals surface area (Å²) in [4.78, 5) is 29.3. The number of amides is 3. The van der Waals surface area contributed by atoms with Gasteiger partial charge >= 0.3 is 6.03 Å². The molecule has 7 nitrogen and oxygen atoms in total. The molecule has 5 rings (SSSR count). The zero-order valence-electron chi connectivity index (χ0n) is 26.7. The Morgan fingerprint density at radius 2 is 1.57 bits per heavy atom. The molecule has 2 aliphatic rings. The van der Waals surface area contributed by atoms with Crippen LogP contribution in [0.2, 0.25) is 0 Å². The van der Waals surface area contributed by atoms with Gasteiger partial charge in [0.2, 0.25) is 0 Å². The average molecular weight is 597 g/mol. The molecular weight excluding hydrogens is 548 g/mol. The van der Waals surface area contributed by atoms with Crippen LogP contribution in [0, 0.1) is 5.92 Å². The highest BCUT2D eigenvalue weighted by Gasteiger charge is 2.25. The number of carbonyl (C=O) groups is 2. The van der Waals surface area contributed by atoms with Crippen molar-refractivity contribution in [1.29, 1.82) is 0 Å². The maximum atomic E-state index is 13.6. The fraction of sp³-hybridized carbons (Fsp3) is 0.459. The SMILES string of the molecule is CC(C)c1cccc(C(C)C)c1NC(=O)Nc1ccc(N2CCC(Cc3ccccc3)CC2)c(C(=O)NCC2CCCO2)c1. The van der Waals surface area contributed by atoms with Crippen LogP contribution in [0.15, 0.2) is 66.7 Å². The van der Waals surface area contributed by atoms with Gasteiger partial charge < -0.3 is 25.6 Å². The number of carbonyl (C=O) groups excluding carboxylic acids is 2. The van der Waals surface area contributed by atoms with Gasteiger partial charge in [-0.05, 0) is 84.7 Å². The van der Waals surface area contributed by atoms with Crippen LogP contribution in [0.25, 0.3) is 0 Å². The second-order valence-electron chi connectivity index (χ2n) is 12.9. The van der Waals surface area contributed by atoms with E-state index in [9.17, 15) is 9.59 Å². The summed E-state index contributed by atoms with van der Waals surface area (Å²) in [5.41, 5.74) is 6.52. The van der Waals surface area contributed by atoms with E-state index < -0.39 is 0 Å². The topological polar surface area (TPSA) is 82.7 Å². The highest BCUT2D eigenvalue weighted by molar-refractivity contribution is 6.04. The highest BCUT2D eigenvalue weighted by Crippen LogP contribution is 2.33. The van der Waals surface area contributed by atoms with E-state index in [1.165, 1.54) is 5.56 Å². The Kier molecular flexibility index (Phi) is 10.6. The zero-order chi connectivity index (χ0) is 31.1. The molecule has 0 bridgehead atoms. The van der Waals surface area contributed by atoms with Crippen molar-refractivity contribution in [3.05, 3.63) is 89.0 Å². The molecule has 0 aromatic heterocycles. The van der Waals surface area contributed by atoms with E-state index in [1.54, 1.807) is 0 Å². The van der Waals surface area contributed by atoms with Crippen LogP contribution in [0.4, 0.5) is 21.9 Å². The number of benzene rings is 3. The van der Waals surface area contributed by atoms with E-state index in [1.807, 2.05) is 18.2 Å². The molecule has 0 saturated carbocycles. The Hall–Kier alpha value is -3.84. The summed E-state index contributed by atoms with van der Waals surface area (Å²) in [6, 6.07) is 22.3. The summed E-state index contributed by atoms with van der Waals surface area (Å²) >= 11 is 0. The lowest BCUT2D eigenvalue weighted by atomic mass is 9.89. The normalized spacial score (nSPS) is 17.2. The largest absolute Gasteiger partial charge is 0.376 e. The molecule has 2 aliphatic heterocycles. The lowest BCUT2D eigenvalue weighted by molar-refractivity contribution is 0.0858. The third-order valence-corrected chi connectivity index (χ3v) is 8.95. The molecule has 0 aliphatic carbocycles. The summed E-state index contributed by atoms with van der Waals surface area (Å²) in [5, 5.41) is 9.24. The number of piperidine rings is 1. The Balaban J connectivity index is 1.32. The van der Waals surface area contributed by atoms with Crippen LogP contribution in [0.1, 0.15) is 92.3 Å².